The maximum Gasteiger partial charge on any atom is 0.226 e. The highest BCUT2D eigenvalue weighted by molar-refractivity contribution is 5.79. The van der Waals surface area contributed by atoms with Crippen LogP contribution in [-0.2, 0) is 9.53 Å². The Kier molecular flexibility index (Phi) is 3.26. The average Bonchev–Trinajstić information content (AvgIpc) is 2.97. The summed E-state index contributed by atoms with van der Waals surface area (Å²) in [5.74, 6) is 0.775. The second-order valence-corrected chi connectivity index (χ2v) is 4.66. The molecular weight excluding hydrogens is 192 g/mol. The normalized spacial score (nSPS) is 32.7. The molecule has 2 fully saturated rings. The Morgan fingerprint density at radius 1 is 1.53 bits per heavy atom. The van der Waals surface area contributed by atoms with Crippen LogP contribution >= 0.6 is 0 Å². The zero-order valence-corrected chi connectivity index (χ0v) is 9.24. The fourth-order valence-corrected chi connectivity index (χ4v) is 2.23. The van der Waals surface area contributed by atoms with Crippen molar-refractivity contribution in [2.45, 2.75) is 38.3 Å². The van der Waals surface area contributed by atoms with Crippen LogP contribution in [0.5, 0.6) is 0 Å². The van der Waals surface area contributed by atoms with Crippen LogP contribution in [0.2, 0.25) is 0 Å². The molecular formula is C11H20N2O2. The van der Waals surface area contributed by atoms with Gasteiger partial charge in [0.1, 0.15) is 0 Å². The van der Waals surface area contributed by atoms with E-state index in [1.54, 1.807) is 0 Å². The summed E-state index contributed by atoms with van der Waals surface area (Å²) in [4.78, 5) is 11.9. The van der Waals surface area contributed by atoms with Crippen molar-refractivity contribution in [3.05, 3.63) is 0 Å². The van der Waals surface area contributed by atoms with Gasteiger partial charge in [0.25, 0.3) is 0 Å². The fourth-order valence-electron chi connectivity index (χ4n) is 2.23. The molecule has 4 nitrogen and oxygen atoms in total. The Bertz CT molecular complexity index is 241. The molecule has 2 rings (SSSR count). The van der Waals surface area contributed by atoms with Gasteiger partial charge >= 0.3 is 0 Å². The van der Waals surface area contributed by atoms with Gasteiger partial charge in [0, 0.05) is 19.2 Å². The Hall–Kier alpha value is -0.610. The lowest BCUT2D eigenvalue weighted by atomic mass is 10.0. The molecule has 3 atom stereocenters. The molecule has 0 spiro atoms. The molecule has 1 amide bonds. The molecule has 3 unspecified atom stereocenters. The lowest BCUT2D eigenvalue weighted by molar-refractivity contribution is -0.127. The minimum absolute atomic E-state index is 0.0257. The van der Waals surface area contributed by atoms with E-state index in [4.69, 9.17) is 10.5 Å². The van der Waals surface area contributed by atoms with Gasteiger partial charge < -0.3 is 15.8 Å². The first-order valence-electron chi connectivity index (χ1n) is 5.84. The summed E-state index contributed by atoms with van der Waals surface area (Å²) in [7, 11) is 0. The van der Waals surface area contributed by atoms with Gasteiger partial charge in [0.15, 0.2) is 0 Å². The summed E-state index contributed by atoms with van der Waals surface area (Å²) in [6.07, 6.45) is 3.31. The SMILES string of the molecule is CC1OCCC1C(=O)NC(CN)C1CC1. The van der Waals surface area contributed by atoms with E-state index >= 15 is 0 Å². The van der Waals surface area contributed by atoms with Crippen molar-refractivity contribution in [1.29, 1.82) is 0 Å². The first kappa shape index (κ1) is 10.9. The number of hydrogen-bond donors (Lipinski definition) is 2. The topological polar surface area (TPSA) is 64.3 Å². The molecule has 15 heavy (non-hydrogen) atoms. The third-order valence-electron chi connectivity index (χ3n) is 3.49. The van der Waals surface area contributed by atoms with Gasteiger partial charge in [-0.3, -0.25) is 4.79 Å². The molecule has 1 saturated heterocycles. The van der Waals surface area contributed by atoms with Crippen LogP contribution in [0, 0.1) is 11.8 Å². The molecule has 0 aromatic carbocycles. The molecule has 4 heteroatoms. The van der Waals surface area contributed by atoms with E-state index in [9.17, 15) is 4.79 Å². The van der Waals surface area contributed by atoms with Crippen molar-refractivity contribution in [3.8, 4) is 0 Å². The number of ether oxygens (including phenoxy) is 1. The first-order valence-corrected chi connectivity index (χ1v) is 5.84. The van der Waals surface area contributed by atoms with E-state index in [-0.39, 0.29) is 24.0 Å². The van der Waals surface area contributed by atoms with Crippen molar-refractivity contribution >= 4 is 5.91 Å². The van der Waals surface area contributed by atoms with Gasteiger partial charge in [-0.2, -0.15) is 0 Å². The monoisotopic (exact) mass is 212 g/mol. The zero-order valence-electron chi connectivity index (χ0n) is 9.24. The smallest absolute Gasteiger partial charge is 0.226 e. The quantitative estimate of drug-likeness (QED) is 0.703. The minimum Gasteiger partial charge on any atom is -0.378 e. The van der Waals surface area contributed by atoms with Crippen LogP contribution in [0.25, 0.3) is 0 Å². The Morgan fingerprint density at radius 2 is 2.27 bits per heavy atom. The molecule has 86 valence electrons. The lowest BCUT2D eigenvalue weighted by Gasteiger charge is -2.20. The summed E-state index contributed by atoms with van der Waals surface area (Å²) < 4.78 is 5.39. The number of nitrogens with one attached hydrogen (secondary N) is 1. The summed E-state index contributed by atoms with van der Waals surface area (Å²) >= 11 is 0. The average molecular weight is 212 g/mol. The molecule has 2 aliphatic rings. The fraction of sp³-hybridized carbons (Fsp3) is 0.909. The van der Waals surface area contributed by atoms with Crippen molar-refractivity contribution in [2.24, 2.45) is 17.6 Å². The van der Waals surface area contributed by atoms with Crippen molar-refractivity contribution in [2.75, 3.05) is 13.2 Å². The van der Waals surface area contributed by atoms with Crippen molar-refractivity contribution in [1.82, 2.24) is 5.32 Å². The molecule has 1 aliphatic heterocycles. The highest BCUT2D eigenvalue weighted by Crippen LogP contribution is 2.32. The number of carbonyl (C=O) groups excluding carboxylic acids is 1. The highest BCUT2D eigenvalue weighted by Gasteiger charge is 2.35. The molecule has 1 aliphatic carbocycles. The summed E-state index contributed by atoms with van der Waals surface area (Å²) in [5, 5.41) is 3.06. The van der Waals surface area contributed by atoms with Gasteiger partial charge in [-0.25, -0.2) is 0 Å². The summed E-state index contributed by atoms with van der Waals surface area (Å²) in [6.45, 7) is 3.22. The third kappa shape index (κ3) is 2.49. The van der Waals surface area contributed by atoms with E-state index < -0.39 is 0 Å². The van der Waals surface area contributed by atoms with Crippen molar-refractivity contribution in [3.63, 3.8) is 0 Å². The maximum absolute atomic E-state index is 11.9. The largest absolute Gasteiger partial charge is 0.378 e. The van der Waals surface area contributed by atoms with Crippen LogP contribution < -0.4 is 11.1 Å². The Labute approximate surface area is 90.5 Å². The molecule has 1 saturated carbocycles. The molecule has 0 radical (unpaired) electrons. The second-order valence-electron chi connectivity index (χ2n) is 4.66. The van der Waals surface area contributed by atoms with Crippen LogP contribution in [0.4, 0.5) is 0 Å². The molecule has 3 N–H and O–H groups in total. The zero-order chi connectivity index (χ0) is 10.8. The van der Waals surface area contributed by atoms with Gasteiger partial charge in [-0.1, -0.05) is 0 Å². The molecule has 1 heterocycles. The predicted molar refractivity (Wildman–Crippen MR) is 57.2 cm³/mol. The third-order valence-corrected chi connectivity index (χ3v) is 3.49. The van der Waals surface area contributed by atoms with Crippen LogP contribution in [0.15, 0.2) is 0 Å². The van der Waals surface area contributed by atoms with Gasteiger partial charge in [-0.15, -0.1) is 0 Å². The number of carbonyl (C=O) groups is 1. The van der Waals surface area contributed by atoms with Crippen LogP contribution in [0.3, 0.4) is 0 Å². The lowest BCUT2D eigenvalue weighted by Crippen LogP contribution is -2.45. The second kappa shape index (κ2) is 4.49. The predicted octanol–water partition coefficient (Wildman–Crippen LogP) is 0.265. The molecule has 0 aromatic rings. The van der Waals surface area contributed by atoms with E-state index in [1.165, 1.54) is 12.8 Å². The molecule has 0 bridgehead atoms. The summed E-state index contributed by atoms with van der Waals surface area (Å²) in [5.41, 5.74) is 5.65. The molecule has 0 aromatic heterocycles. The maximum atomic E-state index is 11.9. The van der Waals surface area contributed by atoms with E-state index in [2.05, 4.69) is 5.32 Å². The van der Waals surface area contributed by atoms with Gasteiger partial charge in [0.2, 0.25) is 5.91 Å². The van der Waals surface area contributed by atoms with E-state index in [0.29, 0.717) is 19.1 Å². The number of amides is 1. The van der Waals surface area contributed by atoms with Crippen molar-refractivity contribution < 1.29 is 9.53 Å². The highest BCUT2D eigenvalue weighted by atomic mass is 16.5. The van der Waals surface area contributed by atoms with Crippen LogP contribution in [-0.4, -0.2) is 31.2 Å². The van der Waals surface area contributed by atoms with E-state index in [0.717, 1.165) is 6.42 Å². The standard InChI is InChI=1S/C11H20N2O2/c1-7-9(4-5-15-7)11(14)13-10(6-12)8-2-3-8/h7-10H,2-6,12H2,1H3,(H,13,14). The Balaban J connectivity index is 1.84. The Morgan fingerprint density at radius 3 is 2.73 bits per heavy atom. The van der Waals surface area contributed by atoms with Gasteiger partial charge in [-0.05, 0) is 32.1 Å². The minimum atomic E-state index is 0.0257. The number of hydrogen-bond acceptors (Lipinski definition) is 3. The summed E-state index contributed by atoms with van der Waals surface area (Å²) in [6, 6.07) is 0.185. The van der Waals surface area contributed by atoms with Crippen LogP contribution in [0.1, 0.15) is 26.2 Å². The number of nitrogens with two attached hydrogens (primary N) is 1. The first-order chi connectivity index (χ1) is 7.22. The number of rotatable bonds is 4. The van der Waals surface area contributed by atoms with E-state index in [1.807, 2.05) is 6.92 Å². The van der Waals surface area contributed by atoms with Gasteiger partial charge in [0.05, 0.1) is 12.0 Å².